The van der Waals surface area contributed by atoms with Gasteiger partial charge in [-0.1, -0.05) is 6.58 Å². The summed E-state index contributed by atoms with van der Waals surface area (Å²) in [6.07, 6.45) is 2.78. The molecule has 66 valence electrons. The van der Waals surface area contributed by atoms with Crippen LogP contribution in [0.25, 0.3) is 5.57 Å². The molecule has 1 rings (SSSR count). The summed E-state index contributed by atoms with van der Waals surface area (Å²) < 4.78 is 1.89. The minimum atomic E-state index is 0.637. The van der Waals surface area contributed by atoms with Crippen LogP contribution in [0.4, 0.5) is 0 Å². The lowest BCUT2D eigenvalue weighted by molar-refractivity contribution is 0.656. The van der Waals surface area contributed by atoms with Gasteiger partial charge in [0.25, 0.3) is 0 Å². The van der Waals surface area contributed by atoms with Crippen LogP contribution in [-0.4, -0.2) is 16.3 Å². The Balaban J connectivity index is 2.68. The fourth-order valence-corrected chi connectivity index (χ4v) is 1.03. The van der Waals surface area contributed by atoms with Gasteiger partial charge >= 0.3 is 0 Å². The number of aryl methyl sites for hydroxylation is 1. The van der Waals surface area contributed by atoms with E-state index in [4.69, 9.17) is 5.73 Å². The van der Waals surface area contributed by atoms with Gasteiger partial charge in [-0.15, -0.1) is 0 Å². The van der Waals surface area contributed by atoms with Gasteiger partial charge in [0.05, 0.1) is 5.69 Å². The van der Waals surface area contributed by atoms with Crippen LogP contribution in [0.5, 0.6) is 0 Å². The summed E-state index contributed by atoms with van der Waals surface area (Å²) in [5.74, 6) is 0. The maximum absolute atomic E-state index is 5.41. The Hall–Kier alpha value is -1.09. The monoisotopic (exact) mass is 165 g/mol. The third kappa shape index (κ3) is 1.95. The van der Waals surface area contributed by atoms with Gasteiger partial charge in [0, 0.05) is 12.7 Å². The Morgan fingerprint density at radius 1 is 1.75 bits per heavy atom. The van der Waals surface area contributed by atoms with E-state index in [0.717, 1.165) is 24.2 Å². The maximum Gasteiger partial charge on any atom is 0.0877 e. The Bertz CT molecular complexity index is 262. The van der Waals surface area contributed by atoms with E-state index >= 15 is 0 Å². The Kier molecular flexibility index (Phi) is 3.05. The van der Waals surface area contributed by atoms with Crippen LogP contribution in [0.3, 0.4) is 0 Å². The molecule has 0 aliphatic rings. The molecule has 2 N–H and O–H groups in total. The Morgan fingerprint density at radius 2 is 2.50 bits per heavy atom. The van der Waals surface area contributed by atoms with Crippen molar-refractivity contribution in [2.45, 2.75) is 19.9 Å². The number of aromatic nitrogens is 2. The molecule has 0 saturated heterocycles. The molecule has 3 heteroatoms. The molecule has 12 heavy (non-hydrogen) atoms. The van der Waals surface area contributed by atoms with E-state index in [-0.39, 0.29) is 0 Å². The first-order valence-corrected chi connectivity index (χ1v) is 4.19. The fourth-order valence-electron chi connectivity index (χ4n) is 1.03. The predicted molar refractivity (Wildman–Crippen MR) is 50.6 cm³/mol. The first-order chi connectivity index (χ1) is 5.77. The molecule has 3 nitrogen and oxygen atoms in total. The molecule has 0 unspecified atom stereocenters. The molecule has 1 aromatic rings. The lowest BCUT2D eigenvalue weighted by Crippen LogP contribution is -2.00. The van der Waals surface area contributed by atoms with Crippen molar-refractivity contribution in [3.63, 3.8) is 0 Å². The van der Waals surface area contributed by atoms with E-state index in [1.54, 1.807) is 0 Å². The van der Waals surface area contributed by atoms with E-state index in [1.807, 2.05) is 16.9 Å². The molecule has 0 fully saturated rings. The van der Waals surface area contributed by atoms with Crippen LogP contribution in [-0.2, 0) is 6.54 Å². The average Bonchev–Trinajstić information content (AvgIpc) is 2.52. The molecule has 0 saturated carbocycles. The molecule has 0 aliphatic heterocycles. The zero-order valence-corrected chi connectivity index (χ0v) is 7.45. The zero-order valence-electron chi connectivity index (χ0n) is 7.45. The van der Waals surface area contributed by atoms with E-state index in [2.05, 4.69) is 18.6 Å². The summed E-state index contributed by atoms with van der Waals surface area (Å²) in [6, 6.07) is 1.97. The smallest absolute Gasteiger partial charge is 0.0877 e. The van der Waals surface area contributed by atoms with Crippen molar-refractivity contribution in [2.75, 3.05) is 6.54 Å². The second-order valence-electron chi connectivity index (χ2n) is 2.70. The van der Waals surface area contributed by atoms with Crippen LogP contribution >= 0.6 is 0 Å². The van der Waals surface area contributed by atoms with Crippen molar-refractivity contribution in [3.8, 4) is 0 Å². The normalized spacial score (nSPS) is 10.2. The summed E-state index contributed by atoms with van der Waals surface area (Å²) in [6.45, 7) is 7.50. The number of nitrogens with two attached hydrogens (primary N) is 1. The molecule has 0 atom stereocenters. The molecular formula is C9H15N3. The van der Waals surface area contributed by atoms with Gasteiger partial charge in [-0.3, -0.25) is 4.68 Å². The van der Waals surface area contributed by atoms with Crippen molar-refractivity contribution in [1.82, 2.24) is 9.78 Å². The highest BCUT2D eigenvalue weighted by Gasteiger charge is 2.00. The van der Waals surface area contributed by atoms with Gasteiger partial charge < -0.3 is 5.73 Å². The molecule has 1 aromatic heterocycles. The summed E-state index contributed by atoms with van der Waals surface area (Å²) in [7, 11) is 0. The molecule has 0 aliphatic carbocycles. The van der Waals surface area contributed by atoms with Crippen LogP contribution < -0.4 is 5.73 Å². The van der Waals surface area contributed by atoms with Gasteiger partial charge in [0.15, 0.2) is 0 Å². The average molecular weight is 165 g/mol. The molecule has 0 bridgehead atoms. The van der Waals surface area contributed by atoms with E-state index < -0.39 is 0 Å². The highest BCUT2D eigenvalue weighted by atomic mass is 15.3. The van der Waals surface area contributed by atoms with Crippen molar-refractivity contribution in [3.05, 3.63) is 24.5 Å². The summed E-state index contributed by atoms with van der Waals surface area (Å²) >= 11 is 0. The van der Waals surface area contributed by atoms with Crippen LogP contribution in [0, 0.1) is 0 Å². The van der Waals surface area contributed by atoms with Crippen LogP contribution in [0.2, 0.25) is 0 Å². The van der Waals surface area contributed by atoms with Crippen LogP contribution in [0.1, 0.15) is 19.0 Å². The van der Waals surface area contributed by atoms with Gasteiger partial charge in [0.2, 0.25) is 0 Å². The largest absolute Gasteiger partial charge is 0.330 e. The molecular weight excluding hydrogens is 150 g/mol. The van der Waals surface area contributed by atoms with Crippen molar-refractivity contribution >= 4 is 5.57 Å². The second kappa shape index (κ2) is 4.07. The standard InChI is InChI=1S/C9H15N3/c1-3-12-7-5-9(11-12)8(2)4-6-10/h5,7H,2-4,6,10H2,1H3. The van der Waals surface area contributed by atoms with Gasteiger partial charge in [0.1, 0.15) is 0 Å². The second-order valence-corrected chi connectivity index (χ2v) is 2.70. The summed E-state index contributed by atoms with van der Waals surface area (Å²) in [4.78, 5) is 0. The summed E-state index contributed by atoms with van der Waals surface area (Å²) in [5.41, 5.74) is 7.39. The minimum absolute atomic E-state index is 0.637. The Morgan fingerprint density at radius 3 is 3.00 bits per heavy atom. The lowest BCUT2D eigenvalue weighted by atomic mass is 10.1. The first kappa shape index (κ1) is 9.00. The SMILES string of the molecule is C=C(CCN)c1ccn(CC)n1. The quantitative estimate of drug-likeness (QED) is 0.730. The summed E-state index contributed by atoms with van der Waals surface area (Å²) in [5, 5.41) is 4.31. The number of hydrogen-bond acceptors (Lipinski definition) is 2. The van der Waals surface area contributed by atoms with Gasteiger partial charge in [-0.2, -0.15) is 5.10 Å². The molecule has 0 radical (unpaired) electrons. The van der Waals surface area contributed by atoms with E-state index in [0.29, 0.717) is 6.54 Å². The zero-order chi connectivity index (χ0) is 8.97. The predicted octanol–water partition coefficient (Wildman–Crippen LogP) is 1.27. The highest BCUT2D eigenvalue weighted by Crippen LogP contribution is 2.11. The minimum Gasteiger partial charge on any atom is -0.330 e. The number of nitrogens with zero attached hydrogens (tertiary/aromatic N) is 2. The first-order valence-electron chi connectivity index (χ1n) is 4.19. The fraction of sp³-hybridized carbons (Fsp3) is 0.444. The van der Waals surface area contributed by atoms with Gasteiger partial charge in [-0.05, 0) is 31.5 Å². The van der Waals surface area contributed by atoms with Crippen molar-refractivity contribution < 1.29 is 0 Å². The van der Waals surface area contributed by atoms with Crippen LogP contribution in [0.15, 0.2) is 18.8 Å². The third-order valence-electron chi connectivity index (χ3n) is 1.77. The maximum atomic E-state index is 5.41. The molecule has 1 heterocycles. The highest BCUT2D eigenvalue weighted by molar-refractivity contribution is 5.59. The number of rotatable bonds is 4. The molecule has 0 amide bonds. The van der Waals surface area contributed by atoms with E-state index in [9.17, 15) is 0 Å². The van der Waals surface area contributed by atoms with Crippen molar-refractivity contribution in [2.24, 2.45) is 5.73 Å². The van der Waals surface area contributed by atoms with Crippen molar-refractivity contribution in [1.29, 1.82) is 0 Å². The van der Waals surface area contributed by atoms with Gasteiger partial charge in [-0.25, -0.2) is 0 Å². The Labute approximate surface area is 72.9 Å². The molecule has 0 spiro atoms. The topological polar surface area (TPSA) is 43.8 Å². The lowest BCUT2D eigenvalue weighted by Gasteiger charge is -1.98. The third-order valence-corrected chi connectivity index (χ3v) is 1.77. The molecule has 0 aromatic carbocycles. The number of hydrogen-bond donors (Lipinski definition) is 1. The van der Waals surface area contributed by atoms with E-state index in [1.165, 1.54) is 0 Å².